The normalized spacial score (nSPS) is 10.8. The summed E-state index contributed by atoms with van der Waals surface area (Å²) in [6.45, 7) is 0. The molecule has 94 valence electrons. The van der Waals surface area contributed by atoms with Crippen LogP contribution in [-0.2, 0) is 0 Å². The van der Waals surface area contributed by atoms with Crippen molar-refractivity contribution >= 4 is 28.3 Å². The molecular formula is C14H9ClFN3. The Bertz CT molecular complexity index is 753. The van der Waals surface area contributed by atoms with E-state index < -0.39 is 0 Å². The second-order valence-corrected chi connectivity index (χ2v) is 4.59. The molecule has 0 saturated carbocycles. The monoisotopic (exact) mass is 273 g/mol. The first-order valence-corrected chi connectivity index (χ1v) is 5.98. The van der Waals surface area contributed by atoms with Crippen LogP contribution in [0.5, 0.6) is 0 Å². The molecule has 0 bridgehead atoms. The lowest BCUT2D eigenvalue weighted by atomic mass is 10.0. The number of nitrogen functional groups attached to an aromatic ring is 1. The first-order valence-electron chi connectivity index (χ1n) is 5.60. The summed E-state index contributed by atoms with van der Waals surface area (Å²) in [7, 11) is 0. The van der Waals surface area contributed by atoms with E-state index in [1.54, 1.807) is 6.07 Å². The van der Waals surface area contributed by atoms with Crippen LogP contribution in [0.3, 0.4) is 0 Å². The molecule has 0 aliphatic heterocycles. The molecule has 1 aromatic heterocycles. The van der Waals surface area contributed by atoms with Crippen molar-refractivity contribution in [2.24, 2.45) is 0 Å². The predicted octanol–water partition coefficient (Wildman–Crippen LogP) is 3.67. The number of nitrogens with zero attached hydrogens (tertiary/aromatic N) is 2. The number of hydrogen-bond donors (Lipinski definition) is 1. The zero-order chi connectivity index (χ0) is 13.4. The van der Waals surface area contributed by atoms with Crippen molar-refractivity contribution in [3.63, 3.8) is 0 Å². The van der Waals surface area contributed by atoms with Gasteiger partial charge in [0.25, 0.3) is 0 Å². The van der Waals surface area contributed by atoms with Crippen molar-refractivity contribution in [2.75, 3.05) is 5.73 Å². The van der Waals surface area contributed by atoms with E-state index in [0.717, 1.165) is 16.5 Å². The number of benzene rings is 2. The summed E-state index contributed by atoms with van der Waals surface area (Å²) < 4.78 is 13.4. The highest BCUT2D eigenvalue weighted by molar-refractivity contribution is 6.30. The SMILES string of the molecule is Nc1ncnc2ccc(-c3cc(F)cc(Cl)c3)cc12. The molecule has 5 heteroatoms. The van der Waals surface area contributed by atoms with Gasteiger partial charge in [-0.3, -0.25) is 0 Å². The van der Waals surface area contributed by atoms with Gasteiger partial charge in [0.2, 0.25) is 0 Å². The first-order chi connectivity index (χ1) is 9.13. The van der Waals surface area contributed by atoms with Crippen LogP contribution >= 0.6 is 11.6 Å². The van der Waals surface area contributed by atoms with Crippen LogP contribution in [0.1, 0.15) is 0 Å². The minimum Gasteiger partial charge on any atom is -0.383 e. The predicted molar refractivity (Wildman–Crippen MR) is 74.4 cm³/mol. The number of rotatable bonds is 1. The number of anilines is 1. The van der Waals surface area contributed by atoms with E-state index >= 15 is 0 Å². The molecule has 3 nitrogen and oxygen atoms in total. The van der Waals surface area contributed by atoms with Gasteiger partial charge < -0.3 is 5.73 Å². The van der Waals surface area contributed by atoms with Crippen LogP contribution in [0.15, 0.2) is 42.7 Å². The molecule has 19 heavy (non-hydrogen) atoms. The molecule has 0 atom stereocenters. The Morgan fingerprint density at radius 3 is 2.63 bits per heavy atom. The molecule has 0 spiro atoms. The molecule has 0 amide bonds. The first kappa shape index (κ1) is 11.9. The highest BCUT2D eigenvalue weighted by atomic mass is 35.5. The smallest absolute Gasteiger partial charge is 0.134 e. The van der Waals surface area contributed by atoms with E-state index in [2.05, 4.69) is 9.97 Å². The summed E-state index contributed by atoms with van der Waals surface area (Å²) in [5.74, 6) is 0.0224. The zero-order valence-electron chi connectivity index (χ0n) is 9.77. The van der Waals surface area contributed by atoms with Gasteiger partial charge in [-0.15, -0.1) is 0 Å². The van der Waals surface area contributed by atoms with Crippen LogP contribution in [0.2, 0.25) is 5.02 Å². The van der Waals surface area contributed by atoms with Crippen molar-refractivity contribution in [1.29, 1.82) is 0 Å². The summed E-state index contributed by atoms with van der Waals surface area (Å²) in [6.07, 6.45) is 1.41. The number of hydrogen-bond acceptors (Lipinski definition) is 3. The Morgan fingerprint density at radius 1 is 1.00 bits per heavy atom. The number of fused-ring (bicyclic) bond motifs is 1. The van der Waals surface area contributed by atoms with Crippen LogP contribution < -0.4 is 5.73 Å². The molecule has 3 aromatic rings. The molecule has 0 aliphatic carbocycles. The van der Waals surface area contributed by atoms with Crippen molar-refractivity contribution in [1.82, 2.24) is 9.97 Å². The summed E-state index contributed by atoms with van der Waals surface area (Å²) in [5, 5.41) is 1.09. The van der Waals surface area contributed by atoms with E-state index in [1.165, 1.54) is 18.5 Å². The maximum atomic E-state index is 13.4. The fraction of sp³-hybridized carbons (Fsp3) is 0. The van der Waals surface area contributed by atoms with Gasteiger partial charge in [0.05, 0.1) is 5.52 Å². The van der Waals surface area contributed by atoms with Gasteiger partial charge in [0.1, 0.15) is 18.0 Å². The maximum absolute atomic E-state index is 13.4. The highest BCUT2D eigenvalue weighted by Crippen LogP contribution is 2.28. The van der Waals surface area contributed by atoms with Gasteiger partial charge in [-0.05, 0) is 41.5 Å². The van der Waals surface area contributed by atoms with Crippen LogP contribution in [-0.4, -0.2) is 9.97 Å². The number of nitrogens with two attached hydrogens (primary N) is 1. The summed E-state index contributed by atoms with van der Waals surface area (Å²) >= 11 is 5.86. The van der Waals surface area contributed by atoms with Crippen LogP contribution in [0.4, 0.5) is 10.2 Å². The van der Waals surface area contributed by atoms with Gasteiger partial charge in [-0.1, -0.05) is 17.7 Å². The van der Waals surface area contributed by atoms with Crippen molar-refractivity contribution in [3.05, 3.63) is 53.6 Å². The number of aromatic nitrogens is 2. The molecule has 0 aliphatic rings. The van der Waals surface area contributed by atoms with Gasteiger partial charge in [-0.2, -0.15) is 0 Å². The average Bonchev–Trinajstić information content (AvgIpc) is 2.38. The fourth-order valence-corrected chi connectivity index (χ4v) is 2.20. The second-order valence-electron chi connectivity index (χ2n) is 4.15. The lowest BCUT2D eigenvalue weighted by Crippen LogP contribution is -1.93. The molecular weight excluding hydrogens is 265 g/mol. The Kier molecular flexibility index (Phi) is 2.80. The standard InChI is InChI=1S/C14H9ClFN3/c15-10-3-9(4-11(16)6-10)8-1-2-13-12(5-8)14(17)19-7-18-13/h1-7H,(H2,17,18,19). The Balaban J connectivity index is 2.22. The largest absolute Gasteiger partial charge is 0.383 e. The average molecular weight is 274 g/mol. The molecule has 0 fully saturated rings. The van der Waals surface area contributed by atoms with E-state index in [9.17, 15) is 4.39 Å². The molecule has 0 radical (unpaired) electrons. The van der Waals surface area contributed by atoms with Crippen molar-refractivity contribution in [2.45, 2.75) is 0 Å². The van der Waals surface area contributed by atoms with Gasteiger partial charge in [0, 0.05) is 10.4 Å². The molecule has 2 aromatic carbocycles. The molecule has 0 unspecified atom stereocenters. The van der Waals surface area contributed by atoms with Crippen LogP contribution in [0, 0.1) is 5.82 Å². The van der Waals surface area contributed by atoms with Gasteiger partial charge >= 0.3 is 0 Å². The second kappa shape index (κ2) is 4.48. The van der Waals surface area contributed by atoms with Gasteiger partial charge in [0.15, 0.2) is 0 Å². The third-order valence-electron chi connectivity index (χ3n) is 2.86. The third-order valence-corrected chi connectivity index (χ3v) is 3.08. The highest BCUT2D eigenvalue weighted by Gasteiger charge is 2.06. The lowest BCUT2D eigenvalue weighted by molar-refractivity contribution is 0.628. The molecule has 2 N–H and O–H groups in total. The Morgan fingerprint density at radius 2 is 1.84 bits per heavy atom. The molecule has 3 rings (SSSR count). The topological polar surface area (TPSA) is 51.8 Å². The van der Waals surface area contributed by atoms with Crippen molar-refractivity contribution < 1.29 is 4.39 Å². The minimum absolute atomic E-state index is 0.354. The quantitative estimate of drug-likeness (QED) is 0.736. The van der Waals surface area contributed by atoms with Crippen molar-refractivity contribution in [3.8, 4) is 11.1 Å². The molecule has 1 heterocycles. The van der Waals surface area contributed by atoms with E-state index in [1.807, 2.05) is 18.2 Å². The zero-order valence-corrected chi connectivity index (χ0v) is 10.5. The third kappa shape index (κ3) is 2.22. The minimum atomic E-state index is -0.375. The van der Waals surface area contributed by atoms with E-state index in [4.69, 9.17) is 17.3 Å². The van der Waals surface area contributed by atoms with Crippen LogP contribution in [0.25, 0.3) is 22.0 Å². The summed E-state index contributed by atoms with van der Waals surface area (Å²) in [6, 6.07) is 9.89. The van der Waals surface area contributed by atoms with E-state index in [-0.39, 0.29) is 5.82 Å². The molecule has 0 saturated heterocycles. The Hall–Kier alpha value is -2.20. The fourth-order valence-electron chi connectivity index (χ4n) is 1.98. The summed E-state index contributed by atoms with van der Waals surface area (Å²) in [4.78, 5) is 8.06. The Labute approximate surface area is 113 Å². The van der Waals surface area contributed by atoms with E-state index in [0.29, 0.717) is 16.4 Å². The lowest BCUT2D eigenvalue weighted by Gasteiger charge is -2.06. The summed E-state index contributed by atoms with van der Waals surface area (Å²) in [5.41, 5.74) is 8.07. The maximum Gasteiger partial charge on any atom is 0.134 e. The van der Waals surface area contributed by atoms with Gasteiger partial charge in [-0.25, -0.2) is 14.4 Å². The number of halogens is 2.